The van der Waals surface area contributed by atoms with Crippen LogP contribution in [0, 0.1) is 10.1 Å². The number of ether oxygens (including phenoxy) is 1. The van der Waals surface area contributed by atoms with Gasteiger partial charge in [-0.05, 0) is 30.3 Å². The Labute approximate surface area is 133 Å². The van der Waals surface area contributed by atoms with Crippen LogP contribution >= 0.6 is 0 Å². The van der Waals surface area contributed by atoms with Gasteiger partial charge >= 0.3 is 6.18 Å². The van der Waals surface area contributed by atoms with Gasteiger partial charge in [-0.2, -0.15) is 13.2 Å². The fourth-order valence-electron chi connectivity index (χ4n) is 2.26. The molecule has 24 heavy (non-hydrogen) atoms. The van der Waals surface area contributed by atoms with E-state index in [0.29, 0.717) is 5.39 Å². The highest BCUT2D eigenvalue weighted by Crippen LogP contribution is 2.36. The molecule has 0 saturated heterocycles. The van der Waals surface area contributed by atoms with E-state index in [-0.39, 0.29) is 22.6 Å². The van der Waals surface area contributed by atoms with Crippen molar-refractivity contribution in [3.63, 3.8) is 0 Å². The number of halogens is 3. The highest BCUT2D eigenvalue weighted by molar-refractivity contribution is 5.94. The van der Waals surface area contributed by atoms with Crippen LogP contribution < -0.4 is 4.74 Å². The third kappa shape index (κ3) is 2.98. The number of nitro groups is 1. The van der Waals surface area contributed by atoms with E-state index in [1.54, 1.807) is 0 Å². The lowest BCUT2D eigenvalue weighted by atomic mass is 10.1. The van der Waals surface area contributed by atoms with Crippen molar-refractivity contribution in [1.29, 1.82) is 0 Å². The molecule has 0 amide bonds. The average Bonchev–Trinajstić information content (AvgIpc) is 2.54. The number of aromatic nitrogens is 1. The molecule has 0 aliphatic heterocycles. The Bertz CT molecular complexity index is 926. The summed E-state index contributed by atoms with van der Waals surface area (Å²) in [5.41, 5.74) is -0.998. The smallest absolute Gasteiger partial charge is 0.416 e. The number of hydrogen-bond donors (Lipinski definition) is 0. The van der Waals surface area contributed by atoms with Crippen molar-refractivity contribution in [2.45, 2.75) is 6.18 Å². The van der Waals surface area contributed by atoms with E-state index in [1.165, 1.54) is 42.7 Å². The first kappa shape index (κ1) is 15.7. The minimum absolute atomic E-state index is 0.0169. The molecule has 0 N–H and O–H groups in total. The van der Waals surface area contributed by atoms with Crippen molar-refractivity contribution < 1.29 is 22.8 Å². The van der Waals surface area contributed by atoms with Gasteiger partial charge < -0.3 is 4.74 Å². The van der Waals surface area contributed by atoms with Crippen LogP contribution in [0.3, 0.4) is 0 Å². The number of hydrogen-bond acceptors (Lipinski definition) is 4. The monoisotopic (exact) mass is 334 g/mol. The minimum atomic E-state index is -4.49. The molecule has 2 aromatic carbocycles. The van der Waals surface area contributed by atoms with Crippen LogP contribution in [-0.2, 0) is 6.18 Å². The SMILES string of the molecule is O=[N+]([O-])c1ccc(Oc2cccc(C(F)(F)F)c2)c2ccncc12. The predicted molar refractivity (Wildman–Crippen MR) is 79.9 cm³/mol. The first-order valence-corrected chi connectivity index (χ1v) is 6.72. The quantitative estimate of drug-likeness (QED) is 0.502. The van der Waals surface area contributed by atoms with Gasteiger partial charge in [0.25, 0.3) is 5.69 Å². The molecule has 3 rings (SSSR count). The zero-order chi connectivity index (χ0) is 17.3. The van der Waals surface area contributed by atoms with Gasteiger partial charge in [-0.3, -0.25) is 15.1 Å². The van der Waals surface area contributed by atoms with Gasteiger partial charge in [-0.15, -0.1) is 0 Å². The number of nitro benzene ring substituents is 1. The Hall–Kier alpha value is -3.16. The first-order chi connectivity index (χ1) is 11.4. The standard InChI is InChI=1S/C16H9F3N2O3/c17-16(18,19)10-2-1-3-11(8-10)24-15-5-4-14(21(22)23)13-9-20-7-6-12(13)15/h1-9H. The average molecular weight is 334 g/mol. The van der Waals surface area contributed by atoms with E-state index in [0.717, 1.165) is 12.1 Å². The fraction of sp³-hybridized carbons (Fsp3) is 0.0625. The Morgan fingerprint density at radius 3 is 2.58 bits per heavy atom. The van der Waals surface area contributed by atoms with Crippen LogP contribution in [0.25, 0.3) is 10.8 Å². The summed E-state index contributed by atoms with van der Waals surface area (Å²) in [7, 11) is 0. The summed E-state index contributed by atoms with van der Waals surface area (Å²) in [6.45, 7) is 0. The number of fused-ring (bicyclic) bond motifs is 1. The van der Waals surface area contributed by atoms with Crippen molar-refractivity contribution in [2.24, 2.45) is 0 Å². The van der Waals surface area contributed by atoms with E-state index in [4.69, 9.17) is 4.74 Å². The molecule has 0 fully saturated rings. The van der Waals surface area contributed by atoms with Crippen molar-refractivity contribution in [2.75, 3.05) is 0 Å². The van der Waals surface area contributed by atoms with Crippen LogP contribution in [0.5, 0.6) is 11.5 Å². The lowest BCUT2D eigenvalue weighted by Crippen LogP contribution is -2.04. The number of alkyl halides is 3. The van der Waals surface area contributed by atoms with E-state index >= 15 is 0 Å². The van der Waals surface area contributed by atoms with Crippen LogP contribution in [0.2, 0.25) is 0 Å². The Morgan fingerprint density at radius 1 is 1.08 bits per heavy atom. The first-order valence-electron chi connectivity index (χ1n) is 6.72. The van der Waals surface area contributed by atoms with Gasteiger partial charge in [0.05, 0.1) is 15.9 Å². The number of nitrogens with zero attached hydrogens (tertiary/aromatic N) is 2. The third-order valence-electron chi connectivity index (χ3n) is 3.34. The fourth-order valence-corrected chi connectivity index (χ4v) is 2.26. The minimum Gasteiger partial charge on any atom is -0.457 e. The number of pyridine rings is 1. The van der Waals surface area contributed by atoms with Crippen molar-refractivity contribution in [3.8, 4) is 11.5 Å². The molecule has 0 atom stereocenters. The summed E-state index contributed by atoms with van der Waals surface area (Å²) in [5, 5.41) is 11.7. The summed E-state index contributed by atoms with van der Waals surface area (Å²) in [5.74, 6) is 0.189. The number of non-ortho nitro benzene ring substituents is 1. The number of benzene rings is 2. The molecular weight excluding hydrogens is 325 g/mol. The van der Waals surface area contributed by atoms with Crippen LogP contribution in [-0.4, -0.2) is 9.91 Å². The van der Waals surface area contributed by atoms with Gasteiger partial charge in [0.2, 0.25) is 0 Å². The second-order valence-corrected chi connectivity index (χ2v) is 4.89. The molecule has 8 heteroatoms. The molecule has 3 aromatic rings. The summed E-state index contributed by atoms with van der Waals surface area (Å²) in [6, 6.07) is 8.50. The lowest BCUT2D eigenvalue weighted by molar-refractivity contribution is -0.383. The Balaban J connectivity index is 2.06. The molecule has 0 bridgehead atoms. The predicted octanol–water partition coefficient (Wildman–Crippen LogP) is 4.95. The van der Waals surface area contributed by atoms with Crippen molar-refractivity contribution in [1.82, 2.24) is 4.98 Å². The van der Waals surface area contributed by atoms with E-state index in [2.05, 4.69) is 4.98 Å². The molecule has 0 spiro atoms. The van der Waals surface area contributed by atoms with Gasteiger partial charge in [-0.1, -0.05) is 6.07 Å². The molecule has 122 valence electrons. The van der Waals surface area contributed by atoms with E-state index < -0.39 is 16.7 Å². The maximum absolute atomic E-state index is 12.8. The summed E-state index contributed by atoms with van der Waals surface area (Å²) < 4.78 is 43.8. The van der Waals surface area contributed by atoms with Crippen LogP contribution in [0.15, 0.2) is 54.9 Å². The molecule has 0 aliphatic carbocycles. The Morgan fingerprint density at radius 2 is 1.88 bits per heavy atom. The molecular formula is C16H9F3N2O3. The van der Waals surface area contributed by atoms with Crippen LogP contribution in [0.4, 0.5) is 18.9 Å². The summed E-state index contributed by atoms with van der Waals surface area (Å²) in [6.07, 6.45) is -1.75. The molecule has 0 unspecified atom stereocenters. The molecule has 1 aromatic heterocycles. The molecule has 0 saturated carbocycles. The number of rotatable bonds is 3. The normalized spacial score (nSPS) is 11.5. The van der Waals surface area contributed by atoms with Crippen LogP contribution in [0.1, 0.15) is 5.56 Å². The van der Waals surface area contributed by atoms with E-state index in [9.17, 15) is 23.3 Å². The zero-order valence-corrected chi connectivity index (χ0v) is 11.9. The van der Waals surface area contributed by atoms with Gasteiger partial charge in [0.1, 0.15) is 11.5 Å². The molecule has 1 heterocycles. The highest BCUT2D eigenvalue weighted by Gasteiger charge is 2.30. The molecule has 0 radical (unpaired) electrons. The maximum Gasteiger partial charge on any atom is 0.416 e. The maximum atomic E-state index is 12.8. The second-order valence-electron chi connectivity index (χ2n) is 4.89. The zero-order valence-electron chi connectivity index (χ0n) is 11.9. The van der Waals surface area contributed by atoms with Gasteiger partial charge in [0.15, 0.2) is 0 Å². The molecule has 0 aliphatic rings. The summed E-state index contributed by atoms with van der Waals surface area (Å²) >= 11 is 0. The van der Waals surface area contributed by atoms with Gasteiger partial charge in [-0.25, -0.2) is 0 Å². The second kappa shape index (κ2) is 5.80. The van der Waals surface area contributed by atoms with E-state index in [1.807, 2.05) is 0 Å². The highest BCUT2D eigenvalue weighted by atomic mass is 19.4. The molecule has 5 nitrogen and oxygen atoms in total. The van der Waals surface area contributed by atoms with Gasteiger partial charge in [0, 0.05) is 23.8 Å². The topological polar surface area (TPSA) is 65.3 Å². The van der Waals surface area contributed by atoms with Crippen molar-refractivity contribution in [3.05, 3.63) is 70.5 Å². The third-order valence-corrected chi connectivity index (χ3v) is 3.34. The summed E-state index contributed by atoms with van der Waals surface area (Å²) in [4.78, 5) is 14.3. The largest absolute Gasteiger partial charge is 0.457 e. The van der Waals surface area contributed by atoms with Crippen molar-refractivity contribution >= 4 is 16.5 Å². The Kier molecular flexibility index (Phi) is 3.80. The lowest BCUT2D eigenvalue weighted by Gasteiger charge is -2.11.